The first-order valence-electron chi connectivity index (χ1n) is 2.17. The standard InChI is InChI=1S/C4H12OSi.Ti/c1-6(2,3)4-5;/h5H,4H2,1-3H3;. The predicted molar refractivity (Wildman–Crippen MR) is 30.4 cm³/mol. The summed E-state index contributed by atoms with van der Waals surface area (Å²) < 4.78 is 0. The van der Waals surface area contributed by atoms with Crippen LogP contribution in [0.4, 0.5) is 0 Å². The quantitative estimate of drug-likeness (QED) is 0.552. The molecule has 1 nitrogen and oxygen atoms in total. The van der Waals surface area contributed by atoms with E-state index in [-0.39, 0.29) is 21.7 Å². The second kappa shape index (κ2) is 3.84. The van der Waals surface area contributed by atoms with Crippen LogP contribution in [0.15, 0.2) is 0 Å². The van der Waals surface area contributed by atoms with Crippen molar-refractivity contribution >= 4 is 8.07 Å². The SMILES string of the molecule is C[Si](C)(C)CO.[Ti]. The largest absolute Gasteiger partial charge is 0.400 e. The van der Waals surface area contributed by atoms with Gasteiger partial charge < -0.3 is 5.11 Å². The van der Waals surface area contributed by atoms with Crippen molar-refractivity contribution in [3.05, 3.63) is 0 Å². The van der Waals surface area contributed by atoms with E-state index in [0.29, 0.717) is 6.23 Å². The molecule has 0 amide bonds. The molecule has 0 atom stereocenters. The van der Waals surface area contributed by atoms with E-state index in [1.165, 1.54) is 0 Å². The average Bonchev–Trinajstić information content (AvgIpc) is 1.35. The molecule has 0 aliphatic rings. The second-order valence-corrected chi connectivity index (χ2v) is 8.16. The van der Waals surface area contributed by atoms with Gasteiger partial charge in [-0.15, -0.1) is 0 Å². The van der Waals surface area contributed by atoms with Crippen LogP contribution in [0.3, 0.4) is 0 Å². The minimum absolute atomic E-state index is 0. The fourth-order valence-corrected chi connectivity index (χ4v) is 0. The minimum atomic E-state index is -1.08. The Labute approximate surface area is 61.0 Å². The molecule has 0 fully saturated rings. The monoisotopic (exact) mass is 152 g/mol. The fraction of sp³-hybridized carbons (Fsp3) is 1.00. The second-order valence-electron chi connectivity index (χ2n) is 2.72. The van der Waals surface area contributed by atoms with Crippen molar-refractivity contribution in [1.29, 1.82) is 0 Å². The third-order valence-corrected chi connectivity index (χ3v) is 1.42. The molecule has 0 saturated heterocycles. The maximum atomic E-state index is 8.46. The zero-order valence-electron chi connectivity index (χ0n) is 5.15. The van der Waals surface area contributed by atoms with E-state index >= 15 is 0 Å². The van der Waals surface area contributed by atoms with Gasteiger partial charge in [-0.25, -0.2) is 0 Å². The van der Waals surface area contributed by atoms with Gasteiger partial charge in [0.15, 0.2) is 0 Å². The van der Waals surface area contributed by atoms with Crippen molar-refractivity contribution in [2.24, 2.45) is 0 Å². The molecule has 0 spiro atoms. The van der Waals surface area contributed by atoms with E-state index in [1.54, 1.807) is 0 Å². The van der Waals surface area contributed by atoms with E-state index in [9.17, 15) is 0 Å². The molecule has 3 heteroatoms. The normalized spacial score (nSPS) is 10.3. The summed E-state index contributed by atoms with van der Waals surface area (Å²) >= 11 is 0. The molecular weight excluding hydrogens is 140 g/mol. The maximum absolute atomic E-state index is 8.46. The Morgan fingerprint density at radius 3 is 1.43 bits per heavy atom. The van der Waals surface area contributed by atoms with Crippen LogP contribution in [0.2, 0.25) is 19.6 Å². The summed E-state index contributed by atoms with van der Waals surface area (Å²) in [5.41, 5.74) is 0. The van der Waals surface area contributed by atoms with Gasteiger partial charge >= 0.3 is 0 Å². The Kier molecular flexibility index (Phi) is 5.92. The summed E-state index contributed by atoms with van der Waals surface area (Å²) in [6.45, 7) is 6.40. The summed E-state index contributed by atoms with van der Waals surface area (Å²) in [7, 11) is -1.08. The van der Waals surface area contributed by atoms with Crippen LogP contribution in [0.1, 0.15) is 0 Å². The summed E-state index contributed by atoms with van der Waals surface area (Å²) in [5, 5.41) is 8.46. The van der Waals surface area contributed by atoms with E-state index in [1.807, 2.05) is 0 Å². The summed E-state index contributed by atoms with van der Waals surface area (Å²) in [6.07, 6.45) is 0.410. The van der Waals surface area contributed by atoms with Crippen molar-refractivity contribution in [1.82, 2.24) is 0 Å². The molecule has 1 N–H and O–H groups in total. The van der Waals surface area contributed by atoms with Gasteiger partial charge in [-0.3, -0.25) is 0 Å². The van der Waals surface area contributed by atoms with Crippen molar-refractivity contribution in [2.45, 2.75) is 19.6 Å². The average molecular weight is 152 g/mol. The van der Waals surface area contributed by atoms with Gasteiger partial charge in [-0.1, -0.05) is 19.6 Å². The van der Waals surface area contributed by atoms with Crippen LogP contribution in [0.5, 0.6) is 0 Å². The number of hydrogen-bond acceptors (Lipinski definition) is 1. The first-order chi connectivity index (χ1) is 2.56. The first-order valence-corrected chi connectivity index (χ1v) is 5.88. The number of aliphatic hydroxyl groups excluding tert-OH is 1. The molecule has 0 heterocycles. The molecule has 0 bridgehead atoms. The van der Waals surface area contributed by atoms with Crippen LogP contribution in [0.25, 0.3) is 0 Å². The molecular formula is C4H12OSiTi. The van der Waals surface area contributed by atoms with E-state index in [0.717, 1.165) is 0 Å². The number of rotatable bonds is 1. The molecule has 0 unspecified atom stereocenters. The summed E-state index contributed by atoms with van der Waals surface area (Å²) in [5.74, 6) is 0. The number of aliphatic hydroxyl groups is 1. The smallest absolute Gasteiger partial charge is 0.0742 e. The topological polar surface area (TPSA) is 20.2 Å². The maximum Gasteiger partial charge on any atom is 0.0742 e. The Morgan fingerprint density at radius 2 is 1.43 bits per heavy atom. The molecule has 0 aliphatic carbocycles. The zero-order valence-corrected chi connectivity index (χ0v) is 7.72. The molecule has 0 rings (SSSR count). The van der Waals surface area contributed by atoms with E-state index in [4.69, 9.17) is 5.11 Å². The number of hydrogen-bond donors (Lipinski definition) is 1. The van der Waals surface area contributed by atoms with Crippen LogP contribution < -0.4 is 0 Å². The molecule has 0 radical (unpaired) electrons. The predicted octanol–water partition coefficient (Wildman–Crippen LogP) is 0.854. The molecule has 0 aromatic heterocycles. The summed E-state index contributed by atoms with van der Waals surface area (Å²) in [6, 6.07) is 0. The van der Waals surface area contributed by atoms with Crippen molar-refractivity contribution in [3.63, 3.8) is 0 Å². The van der Waals surface area contributed by atoms with Gasteiger partial charge in [0, 0.05) is 27.9 Å². The van der Waals surface area contributed by atoms with Crippen LogP contribution >= 0.6 is 0 Å². The zero-order chi connectivity index (χ0) is 5.21. The van der Waals surface area contributed by atoms with Gasteiger partial charge in [0.1, 0.15) is 0 Å². The van der Waals surface area contributed by atoms with Gasteiger partial charge in [-0.05, 0) is 0 Å². The molecule has 0 aromatic rings. The minimum Gasteiger partial charge on any atom is -0.400 e. The van der Waals surface area contributed by atoms with Gasteiger partial charge in [0.2, 0.25) is 0 Å². The third kappa shape index (κ3) is 10.9. The fourth-order valence-electron chi connectivity index (χ4n) is 0. The Morgan fingerprint density at radius 1 is 1.29 bits per heavy atom. The van der Waals surface area contributed by atoms with E-state index < -0.39 is 8.07 Å². The van der Waals surface area contributed by atoms with E-state index in [2.05, 4.69) is 19.6 Å². The van der Waals surface area contributed by atoms with Crippen LogP contribution in [-0.2, 0) is 21.7 Å². The Hall–Kier alpha value is 0.891. The van der Waals surface area contributed by atoms with Crippen molar-refractivity contribution in [2.75, 3.05) is 6.23 Å². The molecule has 0 aliphatic heterocycles. The first kappa shape index (κ1) is 10.8. The van der Waals surface area contributed by atoms with Gasteiger partial charge in [0.25, 0.3) is 0 Å². The molecule has 0 saturated carbocycles. The molecule has 0 aromatic carbocycles. The van der Waals surface area contributed by atoms with Crippen LogP contribution in [0, 0.1) is 0 Å². The Balaban J connectivity index is 0. The van der Waals surface area contributed by atoms with Gasteiger partial charge in [-0.2, -0.15) is 0 Å². The van der Waals surface area contributed by atoms with Crippen LogP contribution in [-0.4, -0.2) is 19.4 Å². The summed E-state index contributed by atoms with van der Waals surface area (Å²) in [4.78, 5) is 0. The van der Waals surface area contributed by atoms with Crippen molar-refractivity contribution < 1.29 is 26.8 Å². The Bertz CT molecular complexity index is 41.4. The third-order valence-electron chi connectivity index (χ3n) is 0.474. The molecule has 7 heavy (non-hydrogen) atoms. The molecule has 42 valence electrons. The van der Waals surface area contributed by atoms with Gasteiger partial charge in [0.05, 0.1) is 8.07 Å². The van der Waals surface area contributed by atoms with Crippen molar-refractivity contribution in [3.8, 4) is 0 Å².